The van der Waals surface area contributed by atoms with Gasteiger partial charge in [-0.15, -0.1) is 0 Å². The highest BCUT2D eigenvalue weighted by atomic mass is 28.3. The molecule has 1 rings (SSSR count). The Hall–Kier alpha value is 0.217. The lowest BCUT2D eigenvalue weighted by Gasteiger charge is -2.35. The predicted octanol–water partition coefficient (Wildman–Crippen LogP) is 4.05. The van der Waals surface area contributed by atoms with Gasteiger partial charge in [0.05, 0.1) is 8.07 Å². The van der Waals surface area contributed by atoms with Crippen LogP contribution in [0, 0.1) is 0 Å². The van der Waals surface area contributed by atoms with Gasteiger partial charge in [0.15, 0.2) is 0 Å². The van der Waals surface area contributed by atoms with Crippen LogP contribution in [0.1, 0.15) is 40.5 Å². The van der Waals surface area contributed by atoms with Crippen LogP contribution >= 0.6 is 0 Å². The van der Waals surface area contributed by atoms with E-state index in [4.69, 9.17) is 0 Å². The molecule has 1 saturated heterocycles. The van der Waals surface area contributed by atoms with E-state index in [0.717, 1.165) is 11.1 Å². The molecule has 1 aliphatic rings. The van der Waals surface area contributed by atoms with Gasteiger partial charge in [-0.05, 0) is 0 Å². The van der Waals surface area contributed by atoms with E-state index in [2.05, 4.69) is 27.7 Å². The monoisotopic (exact) mass is 170 g/mol. The molecule has 0 N–H and O–H groups in total. The lowest BCUT2D eigenvalue weighted by molar-refractivity contribution is 0.884. The van der Waals surface area contributed by atoms with E-state index < -0.39 is 8.07 Å². The van der Waals surface area contributed by atoms with E-state index in [-0.39, 0.29) is 0 Å². The lowest BCUT2D eigenvalue weighted by Crippen LogP contribution is -2.37. The average Bonchev–Trinajstić information content (AvgIpc) is 2.34. The van der Waals surface area contributed by atoms with Crippen molar-refractivity contribution in [3.63, 3.8) is 0 Å². The summed E-state index contributed by atoms with van der Waals surface area (Å²) < 4.78 is 0. The van der Waals surface area contributed by atoms with Crippen LogP contribution in [0.25, 0.3) is 0 Å². The summed E-state index contributed by atoms with van der Waals surface area (Å²) in [6, 6.07) is 3.23. The molecule has 0 aromatic carbocycles. The van der Waals surface area contributed by atoms with Gasteiger partial charge in [0, 0.05) is 0 Å². The minimum absolute atomic E-state index is 0.787. The first-order valence-corrected chi connectivity index (χ1v) is 7.66. The van der Waals surface area contributed by atoms with Gasteiger partial charge in [0.25, 0.3) is 0 Å². The first-order valence-electron chi connectivity index (χ1n) is 5.09. The fraction of sp³-hybridized carbons (Fsp3) is 1.00. The number of hydrogen-bond donors (Lipinski definition) is 0. The summed E-state index contributed by atoms with van der Waals surface area (Å²) >= 11 is 0. The summed E-state index contributed by atoms with van der Waals surface area (Å²) in [6.07, 6.45) is 3.06. The van der Waals surface area contributed by atoms with Crippen molar-refractivity contribution < 1.29 is 0 Å². The molecular formula is C10H22Si. The van der Waals surface area contributed by atoms with Crippen LogP contribution in [-0.4, -0.2) is 8.07 Å². The van der Waals surface area contributed by atoms with Crippen LogP contribution in [-0.2, 0) is 0 Å². The number of rotatable bonds is 2. The van der Waals surface area contributed by atoms with Crippen LogP contribution in [0.4, 0.5) is 0 Å². The zero-order chi connectivity index (χ0) is 8.48. The molecule has 11 heavy (non-hydrogen) atoms. The molecule has 1 aliphatic heterocycles. The zero-order valence-electron chi connectivity index (χ0n) is 8.48. The smallest absolute Gasteiger partial charge is 0.0587 e. The minimum atomic E-state index is -0.787. The highest BCUT2D eigenvalue weighted by Crippen LogP contribution is 2.45. The van der Waals surface area contributed by atoms with Crippen molar-refractivity contribution in [2.24, 2.45) is 0 Å². The maximum Gasteiger partial charge on any atom is 0.0587 e. The Bertz CT molecular complexity index is 111. The van der Waals surface area contributed by atoms with E-state index in [1.807, 2.05) is 0 Å². The molecule has 0 amide bonds. The van der Waals surface area contributed by atoms with Crippen molar-refractivity contribution in [2.45, 2.75) is 63.7 Å². The second-order valence-corrected chi connectivity index (χ2v) is 10.5. The van der Waals surface area contributed by atoms with Crippen molar-refractivity contribution in [3.8, 4) is 0 Å². The van der Waals surface area contributed by atoms with Gasteiger partial charge in [-0.3, -0.25) is 0 Å². The van der Waals surface area contributed by atoms with Crippen LogP contribution in [0.2, 0.25) is 23.2 Å². The van der Waals surface area contributed by atoms with E-state index in [0.29, 0.717) is 0 Å². The van der Waals surface area contributed by atoms with Crippen molar-refractivity contribution in [3.05, 3.63) is 0 Å². The Kier molecular flexibility index (Phi) is 2.79. The third-order valence-electron chi connectivity index (χ3n) is 3.83. The van der Waals surface area contributed by atoms with Gasteiger partial charge >= 0.3 is 0 Å². The van der Waals surface area contributed by atoms with Crippen molar-refractivity contribution in [1.82, 2.24) is 0 Å². The molecule has 0 aromatic heterocycles. The molecule has 0 nitrogen and oxygen atoms in total. The summed E-state index contributed by atoms with van der Waals surface area (Å²) in [6.45, 7) is 9.82. The lowest BCUT2D eigenvalue weighted by atomic mass is 10.4. The predicted molar refractivity (Wildman–Crippen MR) is 54.8 cm³/mol. The summed E-state index contributed by atoms with van der Waals surface area (Å²) in [5.41, 5.74) is 2.04. The van der Waals surface area contributed by atoms with Crippen molar-refractivity contribution >= 4 is 8.07 Å². The normalized spacial score (nSPS) is 23.5. The van der Waals surface area contributed by atoms with Gasteiger partial charge in [-0.25, -0.2) is 0 Å². The molecule has 0 atom stereocenters. The van der Waals surface area contributed by atoms with Crippen LogP contribution in [0.15, 0.2) is 0 Å². The van der Waals surface area contributed by atoms with Gasteiger partial charge in [0.2, 0.25) is 0 Å². The van der Waals surface area contributed by atoms with Crippen LogP contribution < -0.4 is 0 Å². The van der Waals surface area contributed by atoms with Crippen molar-refractivity contribution in [2.75, 3.05) is 0 Å². The maximum absolute atomic E-state index is 2.46. The Morgan fingerprint density at radius 1 is 0.818 bits per heavy atom. The van der Waals surface area contributed by atoms with Crippen LogP contribution in [0.3, 0.4) is 0 Å². The average molecular weight is 170 g/mol. The summed E-state index contributed by atoms with van der Waals surface area (Å²) in [5.74, 6) is 0. The molecule has 0 radical (unpaired) electrons. The van der Waals surface area contributed by atoms with Gasteiger partial charge in [-0.2, -0.15) is 0 Å². The van der Waals surface area contributed by atoms with Crippen molar-refractivity contribution in [1.29, 1.82) is 0 Å². The SMILES string of the molecule is CC(C)[Si]1(C(C)C)CCCC1. The maximum atomic E-state index is 2.46. The quantitative estimate of drug-likeness (QED) is 0.548. The molecule has 0 unspecified atom stereocenters. The Morgan fingerprint density at radius 2 is 1.18 bits per heavy atom. The van der Waals surface area contributed by atoms with Crippen LogP contribution in [0.5, 0.6) is 0 Å². The van der Waals surface area contributed by atoms with E-state index in [9.17, 15) is 0 Å². The minimum Gasteiger partial charge on any atom is -0.0652 e. The van der Waals surface area contributed by atoms with Gasteiger partial charge in [-0.1, -0.05) is 63.7 Å². The Labute approximate surface area is 72.4 Å². The van der Waals surface area contributed by atoms with E-state index in [1.54, 1.807) is 12.1 Å². The van der Waals surface area contributed by atoms with E-state index >= 15 is 0 Å². The first-order chi connectivity index (χ1) is 5.09. The highest BCUT2D eigenvalue weighted by Gasteiger charge is 2.41. The number of hydrogen-bond acceptors (Lipinski definition) is 0. The molecule has 0 aliphatic carbocycles. The second kappa shape index (κ2) is 3.30. The Balaban J connectivity index is 2.70. The Morgan fingerprint density at radius 3 is 1.36 bits per heavy atom. The topological polar surface area (TPSA) is 0 Å². The summed E-state index contributed by atoms with van der Waals surface area (Å²) in [5, 5.41) is 0. The fourth-order valence-electron chi connectivity index (χ4n) is 2.85. The van der Waals surface area contributed by atoms with E-state index in [1.165, 1.54) is 12.8 Å². The molecule has 0 bridgehead atoms. The molecular weight excluding hydrogens is 148 g/mol. The molecule has 1 fully saturated rings. The van der Waals surface area contributed by atoms with Gasteiger partial charge in [0.1, 0.15) is 0 Å². The molecule has 0 aromatic rings. The molecule has 1 heteroatoms. The third-order valence-corrected chi connectivity index (χ3v) is 11.0. The first kappa shape index (κ1) is 9.31. The highest BCUT2D eigenvalue weighted by molar-refractivity contribution is 6.82. The standard InChI is InChI=1S/C10H22Si/c1-9(2)11(10(3)4)7-5-6-8-11/h9-10H,5-8H2,1-4H3. The zero-order valence-corrected chi connectivity index (χ0v) is 9.48. The second-order valence-electron chi connectivity index (χ2n) is 4.75. The fourth-order valence-corrected chi connectivity index (χ4v) is 8.56. The molecule has 66 valence electrons. The molecule has 1 heterocycles. The van der Waals surface area contributed by atoms with Gasteiger partial charge < -0.3 is 0 Å². The third kappa shape index (κ3) is 1.53. The molecule has 0 spiro atoms. The molecule has 0 saturated carbocycles. The largest absolute Gasteiger partial charge is 0.0652 e. The summed E-state index contributed by atoms with van der Waals surface area (Å²) in [7, 11) is -0.787. The summed E-state index contributed by atoms with van der Waals surface area (Å²) in [4.78, 5) is 0.